The summed E-state index contributed by atoms with van der Waals surface area (Å²) < 4.78 is 0. The first-order chi connectivity index (χ1) is 10.9. The van der Waals surface area contributed by atoms with Crippen molar-refractivity contribution in [3.63, 3.8) is 0 Å². The third-order valence-corrected chi connectivity index (χ3v) is 8.32. The highest BCUT2D eigenvalue weighted by atomic mass is 16.1. The van der Waals surface area contributed by atoms with Gasteiger partial charge in [0.2, 0.25) is 0 Å². The highest BCUT2D eigenvalue weighted by molar-refractivity contribution is 5.93. The molecule has 126 valence electrons. The zero-order chi connectivity index (χ0) is 16.4. The summed E-state index contributed by atoms with van der Waals surface area (Å²) in [4.78, 5) is 29.8. The van der Waals surface area contributed by atoms with E-state index in [0.29, 0.717) is 29.3 Å². The normalized spacial score (nSPS) is 51.3. The Balaban J connectivity index is 1.69. The van der Waals surface area contributed by atoms with Crippen LogP contribution in [0.25, 0.3) is 0 Å². The summed E-state index contributed by atoms with van der Waals surface area (Å²) in [5.41, 5.74) is 1.24. The van der Waals surface area contributed by atoms with Gasteiger partial charge in [-0.25, -0.2) is 0 Å². The van der Waals surface area contributed by atoms with E-state index in [1.165, 1.54) is 5.71 Å². The second-order valence-electron chi connectivity index (χ2n) is 9.02. The van der Waals surface area contributed by atoms with E-state index in [1.807, 2.05) is 7.05 Å². The molecule has 4 aliphatic rings. The summed E-state index contributed by atoms with van der Waals surface area (Å²) in [5.74, 6) is 2.64. The fourth-order valence-corrected chi connectivity index (χ4v) is 6.82. The lowest BCUT2D eigenvalue weighted by molar-refractivity contribution is -0.152. The average Bonchev–Trinajstić information content (AvgIpc) is 2.83. The third-order valence-electron chi connectivity index (χ3n) is 8.32. The van der Waals surface area contributed by atoms with E-state index in [9.17, 15) is 9.59 Å². The fourth-order valence-electron chi connectivity index (χ4n) is 6.82. The molecule has 0 heterocycles. The number of nitrogens with zero attached hydrogens (tertiary/aromatic N) is 1. The first kappa shape index (κ1) is 15.5. The van der Waals surface area contributed by atoms with E-state index in [4.69, 9.17) is 0 Å². The third kappa shape index (κ3) is 1.97. The Kier molecular flexibility index (Phi) is 3.38. The van der Waals surface area contributed by atoms with Crippen LogP contribution in [0, 0.1) is 34.5 Å². The zero-order valence-corrected chi connectivity index (χ0v) is 14.7. The quantitative estimate of drug-likeness (QED) is 0.681. The maximum Gasteiger partial charge on any atom is 0.139 e. The van der Waals surface area contributed by atoms with E-state index in [-0.39, 0.29) is 16.7 Å². The smallest absolute Gasteiger partial charge is 0.139 e. The van der Waals surface area contributed by atoms with E-state index in [2.05, 4.69) is 18.8 Å². The summed E-state index contributed by atoms with van der Waals surface area (Å²) in [6.07, 6.45) is 7.71. The molecule has 0 saturated heterocycles. The van der Waals surface area contributed by atoms with Crippen molar-refractivity contribution in [1.29, 1.82) is 0 Å². The maximum atomic E-state index is 13.0. The van der Waals surface area contributed by atoms with Crippen molar-refractivity contribution in [1.82, 2.24) is 0 Å². The highest BCUT2D eigenvalue weighted by Crippen LogP contribution is 2.64. The van der Waals surface area contributed by atoms with Crippen LogP contribution in [-0.2, 0) is 9.59 Å². The number of rotatable bonds is 0. The molecule has 4 aliphatic carbocycles. The van der Waals surface area contributed by atoms with Gasteiger partial charge in [0.15, 0.2) is 0 Å². The molecule has 6 atom stereocenters. The Morgan fingerprint density at radius 1 is 1.00 bits per heavy atom. The zero-order valence-electron chi connectivity index (χ0n) is 14.7. The summed E-state index contributed by atoms with van der Waals surface area (Å²) in [6.45, 7) is 4.56. The monoisotopic (exact) mass is 315 g/mol. The van der Waals surface area contributed by atoms with Gasteiger partial charge in [-0.15, -0.1) is 0 Å². The van der Waals surface area contributed by atoms with Gasteiger partial charge in [-0.05, 0) is 61.7 Å². The molecule has 0 aromatic rings. The van der Waals surface area contributed by atoms with Gasteiger partial charge in [0.1, 0.15) is 11.6 Å². The van der Waals surface area contributed by atoms with Gasteiger partial charge in [-0.3, -0.25) is 14.6 Å². The van der Waals surface area contributed by atoms with Crippen molar-refractivity contribution in [2.45, 2.75) is 65.2 Å². The second kappa shape index (κ2) is 5.00. The van der Waals surface area contributed by atoms with Crippen LogP contribution in [0.3, 0.4) is 0 Å². The molecule has 0 aromatic heterocycles. The van der Waals surface area contributed by atoms with Crippen molar-refractivity contribution in [3.8, 4) is 0 Å². The van der Waals surface area contributed by atoms with Gasteiger partial charge in [0, 0.05) is 36.9 Å². The molecular formula is C20H29NO2. The van der Waals surface area contributed by atoms with Gasteiger partial charge < -0.3 is 0 Å². The number of hydrogen-bond acceptors (Lipinski definition) is 3. The Bertz CT molecular complexity index is 594. The highest BCUT2D eigenvalue weighted by Gasteiger charge is 2.61. The molecule has 3 nitrogen and oxygen atoms in total. The Labute approximate surface area is 139 Å². The standard InChI is InChI=1S/C20H29NO2/c1-19-8-6-12(21-3)10-16(19)17(22)11-13-14-4-5-18(23)20(14,2)9-7-15(13)19/h13-16H,4-11H2,1-3H3/t13?,14?,15?,16?,19-,20+/m1/s1. The lowest BCUT2D eigenvalue weighted by atomic mass is 9.45. The van der Waals surface area contributed by atoms with Gasteiger partial charge >= 0.3 is 0 Å². The minimum atomic E-state index is -0.130. The predicted octanol–water partition coefficient (Wildman–Crippen LogP) is 3.85. The summed E-state index contributed by atoms with van der Waals surface area (Å²) in [6, 6.07) is 0. The molecule has 0 aromatic carbocycles. The number of carbonyl (C=O) groups excluding carboxylic acids is 2. The lowest BCUT2D eigenvalue weighted by Crippen LogP contribution is -2.56. The first-order valence-corrected chi connectivity index (χ1v) is 9.40. The molecule has 4 rings (SSSR count). The van der Waals surface area contributed by atoms with E-state index < -0.39 is 0 Å². The fraction of sp³-hybridized carbons (Fsp3) is 0.850. The Morgan fingerprint density at radius 3 is 2.52 bits per heavy atom. The maximum absolute atomic E-state index is 13.0. The minimum Gasteiger partial charge on any atom is -0.299 e. The molecule has 0 aliphatic heterocycles. The topological polar surface area (TPSA) is 46.5 Å². The van der Waals surface area contributed by atoms with Crippen molar-refractivity contribution >= 4 is 17.3 Å². The number of fused-ring (bicyclic) bond motifs is 5. The number of ketones is 2. The van der Waals surface area contributed by atoms with Crippen molar-refractivity contribution in [2.75, 3.05) is 7.05 Å². The molecule has 4 fully saturated rings. The molecule has 4 unspecified atom stereocenters. The summed E-state index contributed by atoms with van der Waals surface area (Å²) >= 11 is 0. The van der Waals surface area contributed by atoms with Crippen molar-refractivity contribution in [3.05, 3.63) is 0 Å². The van der Waals surface area contributed by atoms with Gasteiger partial charge in [-0.1, -0.05) is 13.8 Å². The van der Waals surface area contributed by atoms with Crippen LogP contribution in [0.15, 0.2) is 4.99 Å². The van der Waals surface area contributed by atoms with Gasteiger partial charge in [0.25, 0.3) is 0 Å². The molecule has 0 amide bonds. The molecule has 0 radical (unpaired) electrons. The molecule has 0 spiro atoms. The predicted molar refractivity (Wildman–Crippen MR) is 90.5 cm³/mol. The van der Waals surface area contributed by atoms with Crippen molar-refractivity contribution in [2.24, 2.45) is 39.5 Å². The molecule has 4 saturated carbocycles. The van der Waals surface area contributed by atoms with Gasteiger partial charge in [-0.2, -0.15) is 0 Å². The Morgan fingerprint density at radius 2 is 1.78 bits per heavy atom. The molecule has 3 heteroatoms. The number of carbonyl (C=O) groups is 2. The molecule has 23 heavy (non-hydrogen) atoms. The SMILES string of the molecule is CN=C1CC[C@@]2(C)C(C1)C(=O)CC1C2CC[C@]2(C)C(=O)CCC12. The van der Waals surface area contributed by atoms with Crippen LogP contribution in [0.4, 0.5) is 0 Å². The van der Waals surface area contributed by atoms with E-state index in [0.717, 1.165) is 51.4 Å². The van der Waals surface area contributed by atoms with Crippen LogP contribution in [0.5, 0.6) is 0 Å². The lowest BCUT2D eigenvalue weighted by Gasteiger charge is -2.58. The van der Waals surface area contributed by atoms with Crippen LogP contribution < -0.4 is 0 Å². The van der Waals surface area contributed by atoms with Crippen LogP contribution in [-0.4, -0.2) is 24.3 Å². The summed E-state index contributed by atoms with van der Waals surface area (Å²) in [7, 11) is 1.87. The van der Waals surface area contributed by atoms with Crippen LogP contribution >= 0.6 is 0 Å². The number of aliphatic imine (C=N–C) groups is 1. The largest absolute Gasteiger partial charge is 0.299 e. The average molecular weight is 315 g/mol. The molecular weight excluding hydrogens is 286 g/mol. The van der Waals surface area contributed by atoms with E-state index in [1.54, 1.807) is 0 Å². The minimum absolute atomic E-state index is 0.130. The second-order valence-corrected chi connectivity index (χ2v) is 9.02. The van der Waals surface area contributed by atoms with Crippen LogP contribution in [0.1, 0.15) is 65.2 Å². The van der Waals surface area contributed by atoms with E-state index >= 15 is 0 Å². The molecule has 0 N–H and O–H groups in total. The number of Topliss-reactive ketones (excluding diaryl/α,β-unsaturated/α-hetero) is 2. The first-order valence-electron chi connectivity index (χ1n) is 9.40. The van der Waals surface area contributed by atoms with Gasteiger partial charge in [0.05, 0.1) is 0 Å². The Hall–Kier alpha value is -0.990. The van der Waals surface area contributed by atoms with Crippen LogP contribution in [0.2, 0.25) is 0 Å². The number of hydrogen-bond donors (Lipinski definition) is 0. The van der Waals surface area contributed by atoms with Crippen molar-refractivity contribution < 1.29 is 9.59 Å². The summed E-state index contributed by atoms with van der Waals surface area (Å²) in [5, 5.41) is 0. The molecule has 0 bridgehead atoms.